The fourth-order valence-corrected chi connectivity index (χ4v) is 4.14. The van der Waals surface area contributed by atoms with E-state index in [1.54, 1.807) is 24.3 Å². The molecule has 0 spiro atoms. The van der Waals surface area contributed by atoms with Crippen molar-refractivity contribution in [2.75, 3.05) is 25.3 Å². The number of ether oxygens (including phenoxy) is 1. The van der Waals surface area contributed by atoms with Gasteiger partial charge < -0.3 is 10.1 Å². The van der Waals surface area contributed by atoms with Crippen molar-refractivity contribution in [3.63, 3.8) is 0 Å². The molecule has 0 bridgehead atoms. The van der Waals surface area contributed by atoms with Crippen LogP contribution in [0.2, 0.25) is 5.02 Å². The lowest BCUT2D eigenvalue weighted by Crippen LogP contribution is -2.16. The molecule has 0 unspecified atom stereocenters. The average molecular weight is 391 g/mol. The minimum Gasteiger partial charge on any atom is -0.382 e. The molecule has 7 nitrogen and oxygen atoms in total. The van der Waals surface area contributed by atoms with E-state index in [1.165, 1.54) is 7.11 Å². The van der Waals surface area contributed by atoms with Crippen molar-refractivity contribution >= 4 is 43.5 Å². The van der Waals surface area contributed by atoms with E-state index in [0.29, 0.717) is 5.02 Å². The summed E-state index contributed by atoms with van der Waals surface area (Å²) >= 11 is 6.69. The summed E-state index contributed by atoms with van der Waals surface area (Å²) in [6.45, 7) is 0.241. The number of hydrogen-bond acceptors (Lipinski definition) is 7. The largest absolute Gasteiger partial charge is 0.382 e. The van der Waals surface area contributed by atoms with Crippen LogP contribution in [-0.4, -0.2) is 33.3 Å². The second-order valence-electron chi connectivity index (χ2n) is 5.01. The summed E-state index contributed by atoms with van der Waals surface area (Å²) in [6.07, 6.45) is 1.01. The number of nitro groups is 1. The first-order valence-corrected chi connectivity index (χ1v) is 9.80. The van der Waals surface area contributed by atoms with E-state index in [4.69, 9.17) is 16.3 Å². The maximum atomic E-state index is 11.7. The average Bonchev–Trinajstić information content (AvgIpc) is 2.92. The molecule has 0 aliphatic carbocycles. The number of nitrogens with one attached hydrogen (secondary N) is 1. The first-order chi connectivity index (χ1) is 11.2. The quantitative estimate of drug-likeness (QED) is 0.573. The Balaban J connectivity index is 2.40. The van der Waals surface area contributed by atoms with E-state index in [-0.39, 0.29) is 21.5 Å². The summed E-state index contributed by atoms with van der Waals surface area (Å²) in [5.74, 6) is 0. The van der Waals surface area contributed by atoms with Gasteiger partial charge in [0.25, 0.3) is 0 Å². The Labute approximate surface area is 148 Å². The third-order valence-electron chi connectivity index (χ3n) is 3.16. The first-order valence-electron chi connectivity index (χ1n) is 6.71. The highest BCUT2D eigenvalue weighted by atomic mass is 35.5. The fourth-order valence-electron chi connectivity index (χ4n) is 2.02. The summed E-state index contributed by atoms with van der Waals surface area (Å²) in [4.78, 5) is 10.6. The van der Waals surface area contributed by atoms with E-state index in [2.05, 4.69) is 5.32 Å². The molecule has 0 saturated heterocycles. The van der Waals surface area contributed by atoms with E-state index in [1.807, 2.05) is 0 Å². The maximum absolute atomic E-state index is 11.7. The standard InChI is InChI=1S/C14H15ClN2O5S2/c1-22-8-11(9-3-5-10(15)6-4-9)16-14-12(17(18)19)7-13(23-14)24(2,20)21/h3-7,11,16H,8H2,1-2H3/t11-/m0/s1. The Kier molecular flexibility index (Phi) is 5.81. The number of hydrogen-bond donors (Lipinski definition) is 1. The number of anilines is 1. The van der Waals surface area contributed by atoms with Crippen molar-refractivity contribution in [2.24, 2.45) is 0 Å². The molecule has 10 heteroatoms. The van der Waals surface area contributed by atoms with Gasteiger partial charge in [-0.05, 0) is 17.7 Å². The van der Waals surface area contributed by atoms with E-state index in [9.17, 15) is 18.5 Å². The predicted octanol–water partition coefficient (Wildman–Crippen LogP) is 3.51. The van der Waals surface area contributed by atoms with Gasteiger partial charge in [-0.3, -0.25) is 10.1 Å². The van der Waals surface area contributed by atoms with Crippen molar-refractivity contribution in [1.82, 2.24) is 0 Å². The number of thiophene rings is 1. The highest BCUT2D eigenvalue weighted by molar-refractivity contribution is 7.92. The zero-order valence-electron chi connectivity index (χ0n) is 12.9. The van der Waals surface area contributed by atoms with Crippen LogP contribution in [0.4, 0.5) is 10.7 Å². The van der Waals surface area contributed by atoms with Gasteiger partial charge in [0.2, 0.25) is 0 Å². The number of sulfone groups is 1. The van der Waals surface area contributed by atoms with Gasteiger partial charge in [-0.15, -0.1) is 0 Å². The van der Waals surface area contributed by atoms with Crippen LogP contribution in [0.15, 0.2) is 34.5 Å². The van der Waals surface area contributed by atoms with Crippen molar-refractivity contribution in [1.29, 1.82) is 0 Å². The third-order valence-corrected chi connectivity index (χ3v) is 6.27. The van der Waals surface area contributed by atoms with Crippen molar-refractivity contribution in [3.8, 4) is 0 Å². The molecule has 1 heterocycles. The van der Waals surface area contributed by atoms with E-state index >= 15 is 0 Å². The van der Waals surface area contributed by atoms with Crippen molar-refractivity contribution in [2.45, 2.75) is 10.3 Å². The van der Waals surface area contributed by atoms with Crippen molar-refractivity contribution < 1.29 is 18.1 Å². The number of nitrogens with zero attached hydrogens (tertiary/aromatic N) is 1. The van der Waals surface area contributed by atoms with Crippen LogP contribution in [0.5, 0.6) is 0 Å². The predicted molar refractivity (Wildman–Crippen MR) is 93.8 cm³/mol. The first kappa shape index (κ1) is 18.7. The smallest absolute Gasteiger partial charge is 0.304 e. The lowest BCUT2D eigenvalue weighted by molar-refractivity contribution is -0.383. The van der Waals surface area contributed by atoms with Gasteiger partial charge in [-0.1, -0.05) is 35.1 Å². The molecule has 0 saturated carbocycles. The van der Waals surface area contributed by atoms with Gasteiger partial charge in [0.05, 0.1) is 17.6 Å². The molecule has 1 aromatic heterocycles. The van der Waals surface area contributed by atoms with Gasteiger partial charge >= 0.3 is 5.69 Å². The van der Waals surface area contributed by atoms with E-state index in [0.717, 1.165) is 29.2 Å². The van der Waals surface area contributed by atoms with Crippen LogP contribution >= 0.6 is 22.9 Å². The zero-order chi connectivity index (χ0) is 17.9. The van der Waals surface area contributed by atoms with Crippen LogP contribution in [-0.2, 0) is 14.6 Å². The Bertz CT molecular complexity index is 833. The van der Waals surface area contributed by atoms with Gasteiger partial charge in [-0.2, -0.15) is 0 Å². The lowest BCUT2D eigenvalue weighted by Gasteiger charge is -2.18. The summed E-state index contributed by atoms with van der Waals surface area (Å²) in [5.41, 5.74) is 0.528. The fraction of sp³-hybridized carbons (Fsp3) is 0.286. The van der Waals surface area contributed by atoms with Crippen LogP contribution in [0.25, 0.3) is 0 Å². The molecule has 0 aliphatic rings. The van der Waals surface area contributed by atoms with E-state index < -0.39 is 20.8 Å². The van der Waals surface area contributed by atoms with Gasteiger partial charge in [-0.25, -0.2) is 8.42 Å². The lowest BCUT2D eigenvalue weighted by atomic mass is 10.1. The number of benzene rings is 1. The highest BCUT2D eigenvalue weighted by Gasteiger charge is 2.26. The van der Waals surface area contributed by atoms with Crippen LogP contribution in [0.1, 0.15) is 11.6 Å². The Morgan fingerprint density at radius 1 is 1.38 bits per heavy atom. The van der Waals surface area contributed by atoms with Crippen LogP contribution in [0, 0.1) is 10.1 Å². The molecular weight excluding hydrogens is 376 g/mol. The molecule has 1 atom stereocenters. The second-order valence-corrected chi connectivity index (χ2v) is 8.74. The number of rotatable bonds is 7. The topological polar surface area (TPSA) is 98.5 Å². The summed E-state index contributed by atoms with van der Waals surface area (Å²) in [5, 5.41) is 14.9. The molecule has 0 aliphatic heterocycles. The monoisotopic (exact) mass is 390 g/mol. The minimum atomic E-state index is -3.53. The second kappa shape index (κ2) is 7.47. The Hall–Kier alpha value is -1.68. The third kappa shape index (κ3) is 4.44. The van der Waals surface area contributed by atoms with Crippen LogP contribution < -0.4 is 5.32 Å². The molecule has 24 heavy (non-hydrogen) atoms. The molecule has 130 valence electrons. The molecule has 1 aromatic carbocycles. The van der Waals surface area contributed by atoms with Gasteiger partial charge in [0.1, 0.15) is 4.21 Å². The van der Waals surface area contributed by atoms with Gasteiger partial charge in [0, 0.05) is 24.5 Å². The normalized spacial score (nSPS) is 12.8. The Morgan fingerprint density at radius 3 is 2.50 bits per heavy atom. The highest BCUT2D eigenvalue weighted by Crippen LogP contribution is 2.39. The zero-order valence-corrected chi connectivity index (χ0v) is 15.2. The molecule has 0 radical (unpaired) electrons. The molecular formula is C14H15ClN2O5S2. The SMILES string of the molecule is COC[C@H](Nc1sc(S(C)(=O)=O)cc1[N+](=O)[O-])c1ccc(Cl)cc1. The summed E-state index contributed by atoms with van der Waals surface area (Å²) in [7, 11) is -2.02. The number of halogens is 1. The Morgan fingerprint density at radius 2 is 2.00 bits per heavy atom. The molecule has 2 aromatic rings. The summed E-state index contributed by atoms with van der Waals surface area (Å²) < 4.78 is 28.4. The molecule has 2 rings (SSSR count). The summed E-state index contributed by atoms with van der Waals surface area (Å²) in [6, 6.07) is 7.62. The molecule has 1 N–H and O–H groups in total. The van der Waals surface area contributed by atoms with Crippen LogP contribution in [0.3, 0.4) is 0 Å². The minimum absolute atomic E-state index is 0.0658. The van der Waals surface area contributed by atoms with Gasteiger partial charge in [0.15, 0.2) is 14.8 Å². The molecule has 0 fully saturated rings. The van der Waals surface area contributed by atoms with Crippen molar-refractivity contribution in [3.05, 3.63) is 51.0 Å². The number of methoxy groups -OCH3 is 1. The maximum Gasteiger partial charge on any atom is 0.304 e. The molecule has 0 amide bonds.